The molecule has 0 aromatic carbocycles. The SMILES string of the molecule is CC1CN(CC(O)Cn2ccc3sccc3c2=O)CC(C)O1. The van der Waals surface area contributed by atoms with Gasteiger partial charge in [0.2, 0.25) is 0 Å². The fraction of sp³-hybridized carbons (Fsp3) is 0.562. The van der Waals surface area contributed by atoms with Gasteiger partial charge in [0.15, 0.2) is 0 Å². The normalized spacial score (nSPS) is 24.7. The predicted molar refractivity (Wildman–Crippen MR) is 88.5 cm³/mol. The Kier molecular flexibility index (Phi) is 4.63. The molecule has 2 aromatic heterocycles. The van der Waals surface area contributed by atoms with Gasteiger partial charge < -0.3 is 14.4 Å². The molecule has 1 aliphatic heterocycles. The summed E-state index contributed by atoms with van der Waals surface area (Å²) in [6, 6.07) is 3.78. The molecule has 0 spiro atoms. The minimum Gasteiger partial charge on any atom is -0.390 e. The van der Waals surface area contributed by atoms with E-state index < -0.39 is 6.10 Å². The number of pyridine rings is 1. The number of aliphatic hydroxyl groups excluding tert-OH is 1. The van der Waals surface area contributed by atoms with E-state index in [1.165, 1.54) is 0 Å². The van der Waals surface area contributed by atoms with Crippen LogP contribution >= 0.6 is 11.3 Å². The zero-order chi connectivity index (χ0) is 15.7. The number of thiophene rings is 1. The van der Waals surface area contributed by atoms with Crippen molar-refractivity contribution in [2.75, 3.05) is 19.6 Å². The minimum atomic E-state index is -0.564. The molecule has 0 amide bonds. The Morgan fingerprint density at radius 3 is 2.77 bits per heavy atom. The van der Waals surface area contributed by atoms with E-state index in [4.69, 9.17) is 4.74 Å². The van der Waals surface area contributed by atoms with Gasteiger partial charge in [-0.05, 0) is 31.4 Å². The number of nitrogens with zero attached hydrogens (tertiary/aromatic N) is 2. The molecular weight excluding hydrogens is 300 g/mol. The average Bonchev–Trinajstić information content (AvgIpc) is 2.90. The highest BCUT2D eigenvalue weighted by molar-refractivity contribution is 7.17. The Balaban J connectivity index is 1.66. The summed E-state index contributed by atoms with van der Waals surface area (Å²) in [4.78, 5) is 14.6. The fourth-order valence-electron chi connectivity index (χ4n) is 3.17. The van der Waals surface area contributed by atoms with Gasteiger partial charge in [-0.1, -0.05) is 0 Å². The fourth-order valence-corrected chi connectivity index (χ4v) is 3.94. The van der Waals surface area contributed by atoms with Gasteiger partial charge in [0.1, 0.15) is 0 Å². The number of rotatable bonds is 4. The van der Waals surface area contributed by atoms with Crippen molar-refractivity contribution in [1.82, 2.24) is 9.47 Å². The van der Waals surface area contributed by atoms with E-state index in [1.807, 2.05) is 31.4 Å². The highest BCUT2D eigenvalue weighted by atomic mass is 32.1. The van der Waals surface area contributed by atoms with Crippen LogP contribution in [0.4, 0.5) is 0 Å². The van der Waals surface area contributed by atoms with Gasteiger partial charge in [0.25, 0.3) is 5.56 Å². The first-order valence-electron chi connectivity index (χ1n) is 7.65. The molecule has 1 aliphatic rings. The summed E-state index contributed by atoms with van der Waals surface area (Å²) >= 11 is 1.56. The summed E-state index contributed by atoms with van der Waals surface area (Å²) in [5, 5.41) is 13.0. The molecule has 2 aromatic rings. The van der Waals surface area contributed by atoms with Gasteiger partial charge in [0, 0.05) is 30.5 Å². The molecule has 22 heavy (non-hydrogen) atoms. The lowest BCUT2D eigenvalue weighted by Gasteiger charge is -2.36. The minimum absolute atomic E-state index is 0.0264. The van der Waals surface area contributed by atoms with Crippen molar-refractivity contribution in [3.05, 3.63) is 34.1 Å². The molecule has 3 atom stereocenters. The third-order valence-corrected chi connectivity index (χ3v) is 4.85. The van der Waals surface area contributed by atoms with Crippen molar-refractivity contribution >= 4 is 21.4 Å². The summed E-state index contributed by atoms with van der Waals surface area (Å²) in [5.41, 5.74) is -0.0264. The van der Waals surface area contributed by atoms with E-state index in [0.717, 1.165) is 23.2 Å². The number of fused-ring (bicyclic) bond motifs is 1. The third kappa shape index (κ3) is 3.41. The molecule has 0 aliphatic carbocycles. The Labute approximate surface area is 133 Å². The van der Waals surface area contributed by atoms with Crippen LogP contribution in [0.1, 0.15) is 13.8 Å². The standard InChI is InChI=1S/C16H22N2O3S/c1-11-7-17(8-12(2)21-11)9-13(19)10-18-5-3-15-14(16(18)20)4-6-22-15/h3-6,11-13,19H,7-10H2,1-2H3. The van der Waals surface area contributed by atoms with Crippen LogP contribution < -0.4 is 5.56 Å². The zero-order valence-corrected chi connectivity index (χ0v) is 13.8. The van der Waals surface area contributed by atoms with Crippen LogP contribution in [-0.4, -0.2) is 52.5 Å². The first-order valence-corrected chi connectivity index (χ1v) is 8.53. The maximum Gasteiger partial charge on any atom is 0.259 e. The summed E-state index contributed by atoms with van der Waals surface area (Å²) < 4.78 is 8.29. The largest absolute Gasteiger partial charge is 0.390 e. The van der Waals surface area contributed by atoms with E-state index in [9.17, 15) is 9.90 Å². The van der Waals surface area contributed by atoms with Gasteiger partial charge >= 0.3 is 0 Å². The van der Waals surface area contributed by atoms with E-state index >= 15 is 0 Å². The number of morpholine rings is 1. The number of ether oxygens (including phenoxy) is 1. The van der Waals surface area contributed by atoms with E-state index in [0.29, 0.717) is 13.1 Å². The van der Waals surface area contributed by atoms with Gasteiger partial charge in [-0.2, -0.15) is 0 Å². The van der Waals surface area contributed by atoms with Crippen LogP contribution in [0.3, 0.4) is 0 Å². The molecule has 120 valence electrons. The van der Waals surface area contributed by atoms with Gasteiger partial charge in [-0.25, -0.2) is 0 Å². The van der Waals surface area contributed by atoms with Crippen LogP contribution in [0.5, 0.6) is 0 Å². The van der Waals surface area contributed by atoms with Gasteiger partial charge in [-0.15, -0.1) is 11.3 Å². The summed E-state index contributed by atoms with van der Waals surface area (Å²) in [6.45, 7) is 6.62. The number of aliphatic hydroxyl groups is 1. The zero-order valence-electron chi connectivity index (χ0n) is 12.9. The van der Waals surface area contributed by atoms with Crippen molar-refractivity contribution in [3.8, 4) is 0 Å². The quantitative estimate of drug-likeness (QED) is 0.927. The molecule has 1 saturated heterocycles. The Morgan fingerprint density at radius 2 is 2.05 bits per heavy atom. The van der Waals surface area contributed by atoms with Crippen LogP contribution in [-0.2, 0) is 11.3 Å². The lowest BCUT2D eigenvalue weighted by Crippen LogP contribution is -2.48. The monoisotopic (exact) mass is 322 g/mol. The second-order valence-electron chi connectivity index (χ2n) is 6.10. The highest BCUT2D eigenvalue weighted by Crippen LogP contribution is 2.16. The van der Waals surface area contributed by atoms with Crippen LogP contribution in [0.25, 0.3) is 10.1 Å². The second kappa shape index (κ2) is 6.50. The molecule has 0 radical (unpaired) electrons. The second-order valence-corrected chi connectivity index (χ2v) is 7.05. The van der Waals surface area contributed by atoms with Crippen LogP contribution in [0.15, 0.2) is 28.5 Å². The predicted octanol–water partition coefficient (Wildman–Crippen LogP) is 1.53. The molecule has 6 heteroatoms. The lowest BCUT2D eigenvalue weighted by atomic mass is 10.2. The van der Waals surface area contributed by atoms with Crippen LogP contribution in [0, 0.1) is 0 Å². The topological polar surface area (TPSA) is 54.7 Å². The summed E-state index contributed by atoms with van der Waals surface area (Å²) in [6.07, 6.45) is 1.57. The summed E-state index contributed by atoms with van der Waals surface area (Å²) in [7, 11) is 0. The molecule has 0 bridgehead atoms. The Morgan fingerprint density at radius 1 is 1.32 bits per heavy atom. The maximum absolute atomic E-state index is 12.3. The number of β-amino-alcohol motifs (C(OH)–C–C–N with tert-alkyl or cyclic N) is 1. The molecular formula is C16H22N2O3S. The Bertz CT molecular complexity index is 686. The first-order chi connectivity index (χ1) is 10.5. The van der Waals surface area contributed by atoms with Crippen molar-refractivity contribution in [2.24, 2.45) is 0 Å². The van der Waals surface area contributed by atoms with E-state index in [1.54, 1.807) is 22.1 Å². The van der Waals surface area contributed by atoms with Crippen molar-refractivity contribution in [2.45, 2.75) is 38.7 Å². The molecule has 1 N–H and O–H groups in total. The van der Waals surface area contributed by atoms with Gasteiger partial charge in [0.05, 0.1) is 30.2 Å². The molecule has 3 heterocycles. The van der Waals surface area contributed by atoms with Crippen molar-refractivity contribution in [1.29, 1.82) is 0 Å². The smallest absolute Gasteiger partial charge is 0.259 e. The number of hydrogen-bond acceptors (Lipinski definition) is 5. The summed E-state index contributed by atoms with van der Waals surface area (Å²) in [5.74, 6) is 0. The highest BCUT2D eigenvalue weighted by Gasteiger charge is 2.24. The van der Waals surface area contributed by atoms with Crippen molar-refractivity contribution in [3.63, 3.8) is 0 Å². The van der Waals surface area contributed by atoms with Gasteiger partial charge in [-0.3, -0.25) is 9.69 Å². The molecule has 3 unspecified atom stereocenters. The molecule has 3 rings (SSSR count). The molecule has 1 fully saturated rings. The first kappa shape index (κ1) is 15.7. The van der Waals surface area contributed by atoms with Crippen molar-refractivity contribution < 1.29 is 9.84 Å². The maximum atomic E-state index is 12.3. The number of hydrogen-bond donors (Lipinski definition) is 1. The average molecular weight is 322 g/mol. The number of aromatic nitrogens is 1. The molecule has 5 nitrogen and oxygen atoms in total. The third-order valence-electron chi connectivity index (χ3n) is 3.96. The van der Waals surface area contributed by atoms with E-state index in [2.05, 4.69) is 4.90 Å². The Hall–Kier alpha value is -1.21. The van der Waals surface area contributed by atoms with Crippen LogP contribution in [0.2, 0.25) is 0 Å². The van der Waals surface area contributed by atoms with E-state index in [-0.39, 0.29) is 17.8 Å². The molecule has 0 saturated carbocycles. The lowest BCUT2D eigenvalue weighted by molar-refractivity contribution is -0.0773.